The zero-order chi connectivity index (χ0) is 13.9. The van der Waals surface area contributed by atoms with Crippen LogP contribution in [0, 0.1) is 13.8 Å². The van der Waals surface area contributed by atoms with Crippen molar-refractivity contribution >= 4 is 11.5 Å². The summed E-state index contributed by atoms with van der Waals surface area (Å²) < 4.78 is 0. The molecule has 0 saturated heterocycles. The molecule has 2 heteroatoms. The van der Waals surface area contributed by atoms with Gasteiger partial charge in [-0.1, -0.05) is 36.4 Å². The summed E-state index contributed by atoms with van der Waals surface area (Å²) in [6.45, 7) is 4.25. The van der Waals surface area contributed by atoms with Crippen LogP contribution in [0.2, 0.25) is 0 Å². The van der Waals surface area contributed by atoms with Gasteiger partial charge in [-0.2, -0.15) is 0 Å². The van der Waals surface area contributed by atoms with E-state index in [1.165, 1.54) is 16.7 Å². The summed E-state index contributed by atoms with van der Waals surface area (Å²) >= 11 is 0. The molecule has 0 radical (unpaired) electrons. The molecule has 0 unspecified atom stereocenters. The Bertz CT molecular complexity index is 609. The van der Waals surface area contributed by atoms with Crippen molar-refractivity contribution in [3.05, 3.63) is 65.2 Å². The van der Waals surface area contributed by atoms with Crippen LogP contribution in [0.5, 0.6) is 0 Å². The SMILES string of the molecule is Cc1cc(C)cc(NC2=N[C@@H](c3ccccc3)CC2)c1. The fraction of sp³-hybridized carbons (Fsp3) is 0.278. The van der Waals surface area contributed by atoms with E-state index in [2.05, 4.69) is 67.7 Å². The van der Waals surface area contributed by atoms with Gasteiger partial charge in [0.25, 0.3) is 0 Å². The highest BCUT2D eigenvalue weighted by molar-refractivity contribution is 5.96. The van der Waals surface area contributed by atoms with Crippen LogP contribution in [0.1, 0.15) is 35.6 Å². The molecule has 0 amide bonds. The van der Waals surface area contributed by atoms with Gasteiger partial charge in [-0.05, 0) is 49.1 Å². The van der Waals surface area contributed by atoms with Crippen molar-refractivity contribution in [1.29, 1.82) is 0 Å². The van der Waals surface area contributed by atoms with E-state index in [9.17, 15) is 0 Å². The largest absolute Gasteiger partial charge is 0.344 e. The quantitative estimate of drug-likeness (QED) is 0.839. The van der Waals surface area contributed by atoms with Crippen molar-refractivity contribution < 1.29 is 0 Å². The number of nitrogens with one attached hydrogen (secondary N) is 1. The third-order valence-electron chi connectivity index (χ3n) is 3.66. The standard InChI is InChI=1S/C18H20N2/c1-13-10-14(2)12-16(11-13)19-18-9-8-17(20-18)15-6-4-3-5-7-15/h3-7,10-12,17H,8-9H2,1-2H3,(H,19,20)/t17-/m1/s1. The Balaban J connectivity index is 1.76. The molecule has 0 aliphatic carbocycles. The first-order valence-corrected chi connectivity index (χ1v) is 7.18. The third kappa shape index (κ3) is 2.90. The first kappa shape index (κ1) is 12.9. The summed E-state index contributed by atoms with van der Waals surface area (Å²) in [5, 5.41) is 3.47. The predicted octanol–water partition coefficient (Wildman–Crippen LogP) is 4.65. The topological polar surface area (TPSA) is 24.4 Å². The van der Waals surface area contributed by atoms with E-state index in [4.69, 9.17) is 4.99 Å². The molecular weight excluding hydrogens is 244 g/mol. The van der Waals surface area contributed by atoms with Crippen molar-refractivity contribution in [2.75, 3.05) is 5.32 Å². The highest BCUT2D eigenvalue weighted by Gasteiger charge is 2.18. The van der Waals surface area contributed by atoms with Crippen molar-refractivity contribution in [1.82, 2.24) is 0 Å². The smallest absolute Gasteiger partial charge is 0.102 e. The van der Waals surface area contributed by atoms with Crippen LogP contribution in [0.25, 0.3) is 0 Å². The van der Waals surface area contributed by atoms with Crippen molar-refractivity contribution in [3.63, 3.8) is 0 Å². The van der Waals surface area contributed by atoms with Crippen LogP contribution in [0.3, 0.4) is 0 Å². The zero-order valence-electron chi connectivity index (χ0n) is 12.1. The Kier molecular flexibility index (Phi) is 3.55. The van der Waals surface area contributed by atoms with Crippen LogP contribution in [0.15, 0.2) is 53.5 Å². The molecular formula is C18H20N2. The van der Waals surface area contributed by atoms with Gasteiger partial charge in [-0.15, -0.1) is 0 Å². The molecule has 0 fully saturated rings. The molecule has 0 bridgehead atoms. The molecule has 2 aromatic carbocycles. The van der Waals surface area contributed by atoms with E-state index < -0.39 is 0 Å². The molecule has 1 heterocycles. The number of hydrogen-bond donors (Lipinski definition) is 1. The molecule has 2 aromatic rings. The Labute approximate surface area is 120 Å². The van der Waals surface area contributed by atoms with Gasteiger partial charge in [0, 0.05) is 12.1 Å². The van der Waals surface area contributed by atoms with E-state index in [1.54, 1.807) is 0 Å². The van der Waals surface area contributed by atoms with Crippen molar-refractivity contribution in [2.24, 2.45) is 4.99 Å². The van der Waals surface area contributed by atoms with E-state index >= 15 is 0 Å². The summed E-state index contributed by atoms with van der Waals surface area (Å²) in [4.78, 5) is 4.82. The molecule has 1 atom stereocenters. The zero-order valence-corrected chi connectivity index (χ0v) is 12.1. The van der Waals surface area contributed by atoms with Crippen molar-refractivity contribution in [3.8, 4) is 0 Å². The molecule has 102 valence electrons. The minimum absolute atomic E-state index is 0.310. The molecule has 1 N–H and O–H groups in total. The third-order valence-corrected chi connectivity index (χ3v) is 3.66. The van der Waals surface area contributed by atoms with Gasteiger partial charge in [-0.25, -0.2) is 0 Å². The van der Waals surface area contributed by atoms with Crippen LogP contribution in [-0.2, 0) is 0 Å². The number of amidine groups is 1. The second-order valence-corrected chi connectivity index (χ2v) is 5.54. The number of benzene rings is 2. The van der Waals surface area contributed by atoms with Gasteiger partial charge in [0.15, 0.2) is 0 Å². The summed E-state index contributed by atoms with van der Waals surface area (Å²) in [6.07, 6.45) is 2.11. The normalized spacial score (nSPS) is 17.9. The molecule has 1 aliphatic heterocycles. The number of aliphatic imine (C=N–C) groups is 1. The van der Waals surface area contributed by atoms with E-state index in [0.29, 0.717) is 6.04 Å². The number of rotatable bonds is 2. The summed E-state index contributed by atoms with van der Waals surface area (Å²) in [5.74, 6) is 1.10. The lowest BCUT2D eigenvalue weighted by atomic mass is 10.1. The van der Waals surface area contributed by atoms with Gasteiger partial charge in [0.05, 0.1) is 6.04 Å². The fourth-order valence-electron chi connectivity index (χ4n) is 2.82. The predicted molar refractivity (Wildman–Crippen MR) is 85.4 cm³/mol. The molecule has 2 nitrogen and oxygen atoms in total. The molecule has 3 rings (SSSR count). The lowest BCUT2D eigenvalue weighted by Gasteiger charge is -2.08. The van der Waals surface area contributed by atoms with Gasteiger partial charge in [0.1, 0.15) is 5.84 Å². The highest BCUT2D eigenvalue weighted by Crippen LogP contribution is 2.29. The molecule has 0 saturated carbocycles. The van der Waals surface area contributed by atoms with Gasteiger partial charge in [0.2, 0.25) is 0 Å². The lowest BCUT2D eigenvalue weighted by molar-refractivity contribution is 0.723. The average Bonchev–Trinajstić information content (AvgIpc) is 2.87. The Hall–Kier alpha value is -2.09. The Morgan fingerprint density at radius 2 is 1.70 bits per heavy atom. The monoisotopic (exact) mass is 264 g/mol. The van der Waals surface area contributed by atoms with Gasteiger partial charge >= 0.3 is 0 Å². The average molecular weight is 264 g/mol. The minimum Gasteiger partial charge on any atom is -0.344 e. The van der Waals surface area contributed by atoms with Crippen LogP contribution < -0.4 is 5.32 Å². The second-order valence-electron chi connectivity index (χ2n) is 5.54. The van der Waals surface area contributed by atoms with Crippen LogP contribution in [-0.4, -0.2) is 5.84 Å². The lowest BCUT2D eigenvalue weighted by Crippen LogP contribution is -2.08. The first-order chi connectivity index (χ1) is 9.70. The van der Waals surface area contributed by atoms with Crippen LogP contribution in [0.4, 0.5) is 5.69 Å². The van der Waals surface area contributed by atoms with E-state index in [-0.39, 0.29) is 0 Å². The number of nitrogens with zero attached hydrogens (tertiary/aromatic N) is 1. The summed E-state index contributed by atoms with van der Waals surface area (Å²) in [6, 6.07) is 17.4. The summed E-state index contributed by atoms with van der Waals surface area (Å²) in [5.41, 5.74) is 5.02. The van der Waals surface area contributed by atoms with Gasteiger partial charge < -0.3 is 5.32 Å². The van der Waals surface area contributed by atoms with Gasteiger partial charge in [-0.3, -0.25) is 4.99 Å². The Morgan fingerprint density at radius 1 is 1.00 bits per heavy atom. The maximum atomic E-state index is 4.82. The van der Waals surface area contributed by atoms with Crippen LogP contribution >= 0.6 is 0 Å². The minimum atomic E-state index is 0.310. The molecule has 0 aromatic heterocycles. The number of anilines is 1. The fourth-order valence-corrected chi connectivity index (χ4v) is 2.82. The number of hydrogen-bond acceptors (Lipinski definition) is 2. The summed E-state index contributed by atoms with van der Waals surface area (Å²) in [7, 11) is 0. The van der Waals surface area contributed by atoms with E-state index in [1.807, 2.05) is 0 Å². The Morgan fingerprint density at radius 3 is 2.40 bits per heavy atom. The van der Waals surface area contributed by atoms with E-state index in [0.717, 1.165) is 24.4 Å². The number of aryl methyl sites for hydroxylation is 2. The molecule has 0 spiro atoms. The maximum Gasteiger partial charge on any atom is 0.102 e. The molecule has 20 heavy (non-hydrogen) atoms. The first-order valence-electron chi connectivity index (χ1n) is 7.18. The molecule has 1 aliphatic rings. The second kappa shape index (κ2) is 5.49. The van der Waals surface area contributed by atoms with Crippen molar-refractivity contribution in [2.45, 2.75) is 32.7 Å². The maximum absolute atomic E-state index is 4.82. The highest BCUT2D eigenvalue weighted by atomic mass is 15.0.